The van der Waals surface area contributed by atoms with Crippen LogP contribution in [0.15, 0.2) is 41.3 Å². The van der Waals surface area contributed by atoms with Crippen LogP contribution in [-0.4, -0.2) is 34.6 Å². The maximum absolute atomic E-state index is 13.0. The number of hydrogen-bond donors (Lipinski definition) is 1. The number of carbonyl (C=O) groups excluding carboxylic acids is 1. The average Bonchev–Trinajstić information content (AvgIpc) is 3.01. The second-order valence-corrected chi connectivity index (χ2v) is 9.53. The van der Waals surface area contributed by atoms with Gasteiger partial charge in [-0.25, -0.2) is 8.42 Å². The van der Waals surface area contributed by atoms with Crippen LogP contribution in [0.3, 0.4) is 0 Å². The van der Waals surface area contributed by atoms with Gasteiger partial charge >= 0.3 is 0 Å². The van der Waals surface area contributed by atoms with Gasteiger partial charge in [-0.3, -0.25) is 9.52 Å². The molecule has 30 heavy (non-hydrogen) atoms. The Morgan fingerprint density at radius 3 is 2.50 bits per heavy atom. The highest BCUT2D eigenvalue weighted by molar-refractivity contribution is 7.92. The monoisotopic (exact) mass is 430 g/mol. The summed E-state index contributed by atoms with van der Waals surface area (Å²) in [5, 5.41) is 0. The van der Waals surface area contributed by atoms with Crippen LogP contribution < -0.4 is 19.1 Å². The number of fused-ring (bicyclic) bond motifs is 1. The summed E-state index contributed by atoms with van der Waals surface area (Å²) in [6, 6.07) is 9.87. The lowest BCUT2D eigenvalue weighted by Gasteiger charge is -2.32. The highest BCUT2D eigenvalue weighted by atomic mass is 32.2. The summed E-state index contributed by atoms with van der Waals surface area (Å²) >= 11 is 0. The Morgan fingerprint density at radius 1 is 1.10 bits per heavy atom. The number of sulfonamides is 1. The Morgan fingerprint density at radius 2 is 1.87 bits per heavy atom. The van der Waals surface area contributed by atoms with Crippen molar-refractivity contribution in [3.8, 4) is 11.5 Å². The summed E-state index contributed by atoms with van der Waals surface area (Å²) in [6.07, 6.45) is 3.63. The number of benzene rings is 2. The molecule has 0 radical (unpaired) electrons. The molecule has 0 spiro atoms. The molecule has 7 nitrogen and oxygen atoms in total. The quantitative estimate of drug-likeness (QED) is 0.757. The van der Waals surface area contributed by atoms with Crippen molar-refractivity contribution in [3.05, 3.63) is 42.0 Å². The lowest BCUT2D eigenvalue weighted by atomic mass is 9.84. The van der Waals surface area contributed by atoms with E-state index in [2.05, 4.69) is 4.72 Å². The first kappa shape index (κ1) is 20.5. The molecule has 0 bridgehead atoms. The number of nitrogens with zero attached hydrogens (tertiary/aromatic N) is 1. The van der Waals surface area contributed by atoms with Crippen LogP contribution in [-0.2, 0) is 21.2 Å². The molecule has 1 heterocycles. The summed E-state index contributed by atoms with van der Waals surface area (Å²) in [6.45, 7) is 2.01. The summed E-state index contributed by atoms with van der Waals surface area (Å²) in [5.74, 6) is 1.19. The molecule has 160 valence electrons. The van der Waals surface area contributed by atoms with Crippen LogP contribution in [0.25, 0.3) is 0 Å². The van der Waals surface area contributed by atoms with Crippen LogP contribution in [0.5, 0.6) is 11.5 Å². The number of methoxy groups -OCH3 is 2. The van der Waals surface area contributed by atoms with Crippen molar-refractivity contribution < 1.29 is 22.7 Å². The minimum atomic E-state index is -3.83. The third-order valence-corrected chi connectivity index (χ3v) is 7.28. The Balaban J connectivity index is 1.61. The molecule has 1 aliphatic carbocycles. The predicted molar refractivity (Wildman–Crippen MR) is 115 cm³/mol. The molecule has 1 atom stereocenters. The molecule has 2 aromatic rings. The van der Waals surface area contributed by atoms with Gasteiger partial charge in [0.1, 0.15) is 11.5 Å². The highest BCUT2D eigenvalue weighted by Gasteiger charge is 2.37. The molecule has 1 saturated carbocycles. The molecule has 2 aliphatic rings. The Kier molecular flexibility index (Phi) is 5.36. The molecule has 0 saturated heterocycles. The van der Waals surface area contributed by atoms with E-state index in [0.717, 1.165) is 30.5 Å². The van der Waals surface area contributed by atoms with Crippen molar-refractivity contribution in [1.29, 1.82) is 0 Å². The van der Waals surface area contributed by atoms with E-state index < -0.39 is 10.0 Å². The minimum absolute atomic E-state index is 0.0284. The lowest BCUT2D eigenvalue weighted by molar-refractivity contribution is -0.125. The van der Waals surface area contributed by atoms with Gasteiger partial charge in [0.15, 0.2) is 0 Å². The van der Waals surface area contributed by atoms with E-state index in [0.29, 0.717) is 23.6 Å². The van der Waals surface area contributed by atoms with E-state index in [-0.39, 0.29) is 22.8 Å². The first-order valence-electron chi connectivity index (χ1n) is 10.0. The number of carbonyl (C=O) groups is 1. The zero-order chi connectivity index (χ0) is 21.5. The molecular formula is C22H26N2O5S. The fourth-order valence-corrected chi connectivity index (χ4v) is 5.17. The fourth-order valence-electron chi connectivity index (χ4n) is 4.05. The largest absolute Gasteiger partial charge is 0.497 e. The van der Waals surface area contributed by atoms with E-state index in [1.54, 1.807) is 36.4 Å². The van der Waals surface area contributed by atoms with Crippen molar-refractivity contribution in [2.45, 2.75) is 43.5 Å². The van der Waals surface area contributed by atoms with Gasteiger partial charge in [0.05, 0.1) is 24.8 Å². The number of ether oxygens (including phenoxy) is 2. The van der Waals surface area contributed by atoms with Gasteiger partial charge in [0, 0.05) is 23.7 Å². The fraction of sp³-hybridized carbons (Fsp3) is 0.409. The van der Waals surface area contributed by atoms with Crippen molar-refractivity contribution in [3.63, 3.8) is 0 Å². The topological polar surface area (TPSA) is 84.9 Å². The second kappa shape index (κ2) is 7.83. The number of rotatable bonds is 6. The van der Waals surface area contributed by atoms with Crippen molar-refractivity contribution in [2.24, 2.45) is 5.92 Å². The standard InChI is InChI=1S/C22H26N2O5S/c1-14-11-16-12-18(8-10-20(16)24(14)22(25)15-5-4-6-15)30(26,27)23-19-9-7-17(28-2)13-21(19)29-3/h7-10,12-15,23H,4-6,11H2,1-3H3/t14-/m1/s1. The maximum Gasteiger partial charge on any atom is 0.262 e. The summed E-state index contributed by atoms with van der Waals surface area (Å²) in [7, 11) is -0.826. The van der Waals surface area contributed by atoms with Gasteiger partial charge in [-0.2, -0.15) is 0 Å². The van der Waals surface area contributed by atoms with Crippen molar-refractivity contribution >= 4 is 27.3 Å². The SMILES string of the molecule is COc1ccc(NS(=O)(=O)c2ccc3c(c2)C[C@@H](C)N3C(=O)C2CCC2)c(OC)c1. The Bertz CT molecular complexity index is 1080. The molecule has 2 aromatic carbocycles. The first-order chi connectivity index (χ1) is 14.3. The highest BCUT2D eigenvalue weighted by Crippen LogP contribution is 2.39. The third-order valence-electron chi connectivity index (χ3n) is 5.92. The van der Waals surface area contributed by atoms with E-state index in [1.807, 2.05) is 11.8 Å². The number of hydrogen-bond acceptors (Lipinski definition) is 5. The summed E-state index contributed by atoms with van der Waals surface area (Å²) < 4.78 is 39.0. The number of anilines is 2. The molecule has 0 aromatic heterocycles. The Hall–Kier alpha value is -2.74. The van der Waals surface area contributed by atoms with Crippen LogP contribution in [0.1, 0.15) is 31.7 Å². The molecule has 1 N–H and O–H groups in total. The molecule has 8 heteroatoms. The average molecular weight is 431 g/mol. The van der Waals surface area contributed by atoms with Crippen LogP contribution >= 0.6 is 0 Å². The molecule has 0 unspecified atom stereocenters. The van der Waals surface area contributed by atoms with Gasteiger partial charge in [0.2, 0.25) is 5.91 Å². The molecular weight excluding hydrogens is 404 g/mol. The summed E-state index contributed by atoms with van der Waals surface area (Å²) in [5.41, 5.74) is 2.02. The van der Waals surface area contributed by atoms with Crippen molar-refractivity contribution in [1.82, 2.24) is 0 Å². The molecule has 4 rings (SSSR count). The van der Waals surface area contributed by atoms with E-state index in [4.69, 9.17) is 9.47 Å². The minimum Gasteiger partial charge on any atom is -0.497 e. The number of nitrogens with one attached hydrogen (secondary N) is 1. The van der Waals surface area contributed by atoms with E-state index in [9.17, 15) is 13.2 Å². The smallest absolute Gasteiger partial charge is 0.262 e. The van der Waals surface area contributed by atoms with E-state index in [1.165, 1.54) is 14.2 Å². The molecule has 1 aliphatic heterocycles. The zero-order valence-electron chi connectivity index (χ0n) is 17.3. The van der Waals surface area contributed by atoms with Gasteiger partial charge in [-0.15, -0.1) is 0 Å². The second-order valence-electron chi connectivity index (χ2n) is 7.85. The predicted octanol–water partition coefficient (Wildman–Crippen LogP) is 3.58. The first-order valence-corrected chi connectivity index (χ1v) is 11.5. The van der Waals surface area contributed by atoms with Crippen LogP contribution in [0.2, 0.25) is 0 Å². The van der Waals surface area contributed by atoms with E-state index >= 15 is 0 Å². The Labute approximate surface area is 177 Å². The summed E-state index contributed by atoms with van der Waals surface area (Å²) in [4.78, 5) is 14.8. The van der Waals surface area contributed by atoms with Gasteiger partial charge in [0.25, 0.3) is 10.0 Å². The van der Waals surface area contributed by atoms with Gasteiger partial charge < -0.3 is 14.4 Å². The van der Waals surface area contributed by atoms with Crippen LogP contribution in [0, 0.1) is 5.92 Å². The van der Waals surface area contributed by atoms with Crippen LogP contribution in [0.4, 0.5) is 11.4 Å². The molecule has 1 amide bonds. The third kappa shape index (κ3) is 3.60. The molecule has 1 fully saturated rings. The van der Waals surface area contributed by atoms with Crippen molar-refractivity contribution in [2.75, 3.05) is 23.8 Å². The van der Waals surface area contributed by atoms with Gasteiger partial charge in [-0.1, -0.05) is 6.42 Å². The number of amides is 1. The normalized spacial score (nSPS) is 18.5. The lowest BCUT2D eigenvalue weighted by Crippen LogP contribution is -2.42. The van der Waals surface area contributed by atoms with Gasteiger partial charge in [-0.05, 0) is 62.1 Å². The zero-order valence-corrected chi connectivity index (χ0v) is 18.2. The maximum atomic E-state index is 13.0.